The van der Waals surface area contributed by atoms with Crippen molar-refractivity contribution >= 4 is 21.8 Å². The average Bonchev–Trinajstić information content (AvgIpc) is 3.28. The molecule has 6 aromatic rings. The molecule has 3 heterocycles. The molecule has 0 unspecified atom stereocenters. The topological polar surface area (TPSA) is 43.6 Å². The van der Waals surface area contributed by atoms with Crippen LogP contribution >= 0.6 is 0 Å². The van der Waals surface area contributed by atoms with Crippen LogP contribution in [0, 0.1) is 0 Å². The van der Waals surface area contributed by atoms with Gasteiger partial charge in [0.05, 0.1) is 22.3 Å². The van der Waals surface area contributed by atoms with Gasteiger partial charge in [-0.15, -0.1) is 0 Å². The van der Waals surface area contributed by atoms with Gasteiger partial charge in [0.15, 0.2) is 0 Å². The molecule has 0 bridgehead atoms. The van der Waals surface area contributed by atoms with Crippen molar-refractivity contribution in [1.29, 1.82) is 0 Å². The summed E-state index contributed by atoms with van der Waals surface area (Å²) in [6, 6.07) is 28.5. The molecule has 7 rings (SSSR count). The predicted molar refractivity (Wildman–Crippen MR) is 137 cm³/mol. The SMILES string of the molecule is CC1(C)c2cc(-c3ccc4ccccc4c3)ccc2-n2c(-c3cncnc3)nc3cccc1c32. The van der Waals surface area contributed by atoms with E-state index in [1.165, 1.54) is 33.0 Å². The maximum absolute atomic E-state index is 5.02. The first-order valence-corrected chi connectivity index (χ1v) is 11.5. The maximum Gasteiger partial charge on any atom is 0.148 e. The molecular formula is C30H22N4. The molecule has 1 aliphatic heterocycles. The highest BCUT2D eigenvalue weighted by Gasteiger charge is 2.36. The van der Waals surface area contributed by atoms with Crippen LogP contribution in [-0.4, -0.2) is 19.5 Å². The number of fused-ring (bicyclic) bond motifs is 3. The Labute approximate surface area is 197 Å². The molecule has 0 fully saturated rings. The molecule has 34 heavy (non-hydrogen) atoms. The minimum atomic E-state index is -0.164. The number of rotatable bonds is 2. The van der Waals surface area contributed by atoms with E-state index in [2.05, 4.69) is 107 Å². The number of imidazole rings is 1. The smallest absolute Gasteiger partial charge is 0.148 e. The molecule has 1 aliphatic rings. The van der Waals surface area contributed by atoms with E-state index in [-0.39, 0.29) is 5.41 Å². The van der Waals surface area contributed by atoms with Crippen LogP contribution in [0.25, 0.3) is 50.0 Å². The Kier molecular flexibility index (Phi) is 3.86. The van der Waals surface area contributed by atoms with Gasteiger partial charge in [-0.1, -0.05) is 68.4 Å². The molecule has 0 N–H and O–H groups in total. The molecular weight excluding hydrogens is 416 g/mol. The van der Waals surface area contributed by atoms with Crippen molar-refractivity contribution in [3.63, 3.8) is 0 Å². The zero-order valence-electron chi connectivity index (χ0n) is 19.0. The first-order chi connectivity index (χ1) is 16.6. The third-order valence-corrected chi connectivity index (χ3v) is 7.16. The fourth-order valence-electron chi connectivity index (χ4n) is 5.40. The first-order valence-electron chi connectivity index (χ1n) is 11.5. The molecule has 0 spiro atoms. The Hall–Kier alpha value is -4.31. The van der Waals surface area contributed by atoms with Gasteiger partial charge in [0.1, 0.15) is 12.2 Å². The van der Waals surface area contributed by atoms with Crippen molar-refractivity contribution < 1.29 is 0 Å². The van der Waals surface area contributed by atoms with Crippen molar-refractivity contribution in [2.24, 2.45) is 0 Å². The lowest BCUT2D eigenvalue weighted by Gasteiger charge is -2.35. The van der Waals surface area contributed by atoms with Gasteiger partial charge < -0.3 is 0 Å². The maximum atomic E-state index is 5.02. The van der Waals surface area contributed by atoms with E-state index in [9.17, 15) is 0 Å². The minimum absolute atomic E-state index is 0.164. The van der Waals surface area contributed by atoms with E-state index in [0.717, 1.165) is 28.1 Å². The van der Waals surface area contributed by atoms with Crippen LogP contribution in [0.3, 0.4) is 0 Å². The molecule has 0 amide bonds. The van der Waals surface area contributed by atoms with Gasteiger partial charge in [0.2, 0.25) is 0 Å². The Morgan fingerprint density at radius 3 is 2.29 bits per heavy atom. The second kappa shape index (κ2) is 6.84. The van der Waals surface area contributed by atoms with Crippen molar-refractivity contribution in [1.82, 2.24) is 19.5 Å². The molecule has 0 saturated carbocycles. The summed E-state index contributed by atoms with van der Waals surface area (Å²) < 4.78 is 2.29. The lowest BCUT2D eigenvalue weighted by Crippen LogP contribution is -2.26. The molecule has 4 heteroatoms. The largest absolute Gasteiger partial charge is 0.292 e. The van der Waals surface area contributed by atoms with Gasteiger partial charge in [-0.2, -0.15) is 0 Å². The molecule has 0 atom stereocenters. The van der Waals surface area contributed by atoms with Crippen LogP contribution in [0.4, 0.5) is 0 Å². The quantitative estimate of drug-likeness (QED) is 0.294. The average molecular weight is 439 g/mol. The lowest BCUT2D eigenvalue weighted by atomic mass is 9.74. The molecule has 162 valence electrons. The zero-order chi connectivity index (χ0) is 22.9. The van der Waals surface area contributed by atoms with Crippen LogP contribution in [-0.2, 0) is 5.41 Å². The van der Waals surface area contributed by atoms with Gasteiger partial charge in [0, 0.05) is 17.8 Å². The molecule has 0 aliphatic carbocycles. The number of para-hydroxylation sites is 1. The van der Waals surface area contributed by atoms with E-state index >= 15 is 0 Å². The van der Waals surface area contributed by atoms with Crippen LogP contribution < -0.4 is 0 Å². The van der Waals surface area contributed by atoms with E-state index in [0.29, 0.717) is 0 Å². The van der Waals surface area contributed by atoms with Crippen LogP contribution in [0.1, 0.15) is 25.0 Å². The summed E-state index contributed by atoms with van der Waals surface area (Å²) in [4.78, 5) is 13.5. The van der Waals surface area contributed by atoms with Crippen LogP contribution in [0.5, 0.6) is 0 Å². The van der Waals surface area contributed by atoms with Crippen molar-refractivity contribution in [2.75, 3.05) is 0 Å². The normalized spacial score (nSPS) is 13.8. The summed E-state index contributed by atoms with van der Waals surface area (Å²) in [5.41, 5.74) is 9.08. The Balaban J connectivity index is 1.50. The van der Waals surface area contributed by atoms with Crippen LogP contribution in [0.2, 0.25) is 0 Å². The second-order valence-corrected chi connectivity index (χ2v) is 9.49. The molecule has 2 aromatic heterocycles. The standard InChI is InChI=1S/C30H22N4/c1-30(2)24-8-5-9-26-28(24)34(29(33-26)23-16-31-18-32-17-23)27-13-12-22(15-25(27)30)21-11-10-19-6-3-4-7-20(19)14-21/h3-18H,1-2H3. The number of aromatic nitrogens is 4. The molecule has 0 saturated heterocycles. The predicted octanol–water partition coefficient (Wildman–Crippen LogP) is 6.94. The summed E-state index contributed by atoms with van der Waals surface area (Å²) in [6.45, 7) is 4.62. The Bertz CT molecular complexity index is 1730. The summed E-state index contributed by atoms with van der Waals surface area (Å²) in [7, 11) is 0. The highest BCUT2D eigenvalue weighted by atomic mass is 15.1. The zero-order valence-corrected chi connectivity index (χ0v) is 19.0. The van der Waals surface area contributed by atoms with E-state index in [1.807, 2.05) is 12.4 Å². The van der Waals surface area contributed by atoms with Crippen LogP contribution in [0.15, 0.2) is 97.6 Å². The third kappa shape index (κ3) is 2.62. The lowest BCUT2D eigenvalue weighted by molar-refractivity contribution is 0.629. The van der Waals surface area contributed by atoms with Gasteiger partial charge in [-0.05, 0) is 57.3 Å². The minimum Gasteiger partial charge on any atom is -0.292 e. The number of benzene rings is 4. The Morgan fingerprint density at radius 2 is 1.44 bits per heavy atom. The second-order valence-electron chi connectivity index (χ2n) is 9.49. The summed E-state index contributed by atoms with van der Waals surface area (Å²) >= 11 is 0. The summed E-state index contributed by atoms with van der Waals surface area (Å²) in [5.74, 6) is 0.873. The van der Waals surface area contributed by atoms with E-state index in [1.54, 1.807) is 6.33 Å². The fraction of sp³-hybridized carbons (Fsp3) is 0.100. The third-order valence-electron chi connectivity index (χ3n) is 7.16. The molecule has 4 nitrogen and oxygen atoms in total. The summed E-state index contributed by atoms with van der Waals surface area (Å²) in [6.07, 6.45) is 5.22. The first kappa shape index (κ1) is 19.2. The van der Waals surface area contributed by atoms with E-state index < -0.39 is 0 Å². The number of hydrogen-bond acceptors (Lipinski definition) is 3. The van der Waals surface area contributed by atoms with Gasteiger partial charge in [-0.3, -0.25) is 4.57 Å². The number of hydrogen-bond donors (Lipinski definition) is 0. The Morgan fingerprint density at radius 1 is 0.676 bits per heavy atom. The van der Waals surface area contributed by atoms with Gasteiger partial charge in [0.25, 0.3) is 0 Å². The molecule has 0 radical (unpaired) electrons. The van der Waals surface area contributed by atoms with E-state index in [4.69, 9.17) is 4.98 Å². The van der Waals surface area contributed by atoms with Gasteiger partial charge >= 0.3 is 0 Å². The van der Waals surface area contributed by atoms with Gasteiger partial charge in [-0.25, -0.2) is 15.0 Å². The highest BCUT2D eigenvalue weighted by molar-refractivity contribution is 5.91. The van der Waals surface area contributed by atoms with Crippen molar-refractivity contribution in [3.8, 4) is 28.2 Å². The monoisotopic (exact) mass is 438 g/mol. The number of nitrogens with zero attached hydrogens (tertiary/aromatic N) is 4. The fourth-order valence-corrected chi connectivity index (χ4v) is 5.40. The summed E-state index contributed by atoms with van der Waals surface area (Å²) in [5, 5.41) is 2.51. The highest BCUT2D eigenvalue weighted by Crippen LogP contribution is 2.47. The molecule has 4 aromatic carbocycles. The van der Waals surface area contributed by atoms with Crippen molar-refractivity contribution in [3.05, 3.63) is 109 Å². The van der Waals surface area contributed by atoms with Crippen molar-refractivity contribution in [2.45, 2.75) is 19.3 Å².